The summed E-state index contributed by atoms with van der Waals surface area (Å²) in [5, 5.41) is 26.4. The number of aromatic carboxylic acids is 1. The zero-order chi connectivity index (χ0) is 21.0. The fourth-order valence-electron chi connectivity index (χ4n) is 2.47. The van der Waals surface area contributed by atoms with Crippen molar-refractivity contribution >= 4 is 23.3 Å². The molecule has 0 fully saturated rings. The van der Waals surface area contributed by atoms with E-state index in [4.69, 9.17) is 9.84 Å². The van der Waals surface area contributed by atoms with Crippen LogP contribution < -0.4 is 10.1 Å². The van der Waals surface area contributed by atoms with E-state index < -0.39 is 16.8 Å². The van der Waals surface area contributed by atoms with E-state index >= 15 is 0 Å². The number of non-ortho nitro benzene ring substituents is 1. The number of carboxylic acids is 1. The van der Waals surface area contributed by atoms with Gasteiger partial charge in [-0.3, -0.25) is 19.6 Å². The third-order valence-corrected chi connectivity index (χ3v) is 3.83. The topological polar surface area (TPSA) is 137 Å². The SMILES string of the molecule is Cc1ccc(Oc2cc(NC(=O)Cn3cc(C(=O)O)cn3)cc([N+](=O)[O-])c2)cc1. The second-order valence-corrected chi connectivity index (χ2v) is 6.17. The summed E-state index contributed by atoms with van der Waals surface area (Å²) < 4.78 is 6.81. The van der Waals surface area contributed by atoms with Gasteiger partial charge in [0.05, 0.1) is 28.4 Å². The van der Waals surface area contributed by atoms with Gasteiger partial charge in [-0.25, -0.2) is 4.79 Å². The maximum atomic E-state index is 12.2. The average molecular weight is 396 g/mol. The number of aromatic nitrogens is 2. The van der Waals surface area contributed by atoms with Crippen LogP contribution in [0.2, 0.25) is 0 Å². The lowest BCUT2D eigenvalue weighted by atomic mass is 10.2. The Balaban J connectivity index is 1.77. The van der Waals surface area contributed by atoms with Crippen molar-refractivity contribution in [2.45, 2.75) is 13.5 Å². The summed E-state index contributed by atoms with van der Waals surface area (Å²) in [7, 11) is 0. The Kier molecular flexibility index (Phi) is 5.54. The van der Waals surface area contributed by atoms with Crippen LogP contribution in [0.4, 0.5) is 11.4 Å². The molecule has 1 aromatic heterocycles. The van der Waals surface area contributed by atoms with Crippen molar-refractivity contribution in [3.8, 4) is 11.5 Å². The van der Waals surface area contributed by atoms with E-state index in [0.29, 0.717) is 5.75 Å². The van der Waals surface area contributed by atoms with Crippen molar-refractivity contribution in [2.24, 2.45) is 0 Å². The Labute approximate surface area is 164 Å². The number of anilines is 1. The van der Waals surface area contributed by atoms with Gasteiger partial charge in [0.15, 0.2) is 0 Å². The zero-order valence-corrected chi connectivity index (χ0v) is 15.2. The number of carbonyl (C=O) groups is 2. The highest BCUT2D eigenvalue weighted by atomic mass is 16.6. The van der Waals surface area contributed by atoms with Gasteiger partial charge >= 0.3 is 5.97 Å². The first-order valence-corrected chi connectivity index (χ1v) is 8.40. The van der Waals surface area contributed by atoms with E-state index in [0.717, 1.165) is 16.4 Å². The molecule has 3 aromatic rings. The van der Waals surface area contributed by atoms with Gasteiger partial charge in [0.1, 0.15) is 18.0 Å². The maximum Gasteiger partial charge on any atom is 0.338 e. The number of benzene rings is 2. The number of ether oxygens (including phenoxy) is 1. The van der Waals surface area contributed by atoms with Crippen LogP contribution in [0.25, 0.3) is 0 Å². The number of nitro groups is 1. The summed E-state index contributed by atoms with van der Waals surface area (Å²) in [6, 6.07) is 11.0. The van der Waals surface area contributed by atoms with Crippen LogP contribution in [0.15, 0.2) is 54.9 Å². The van der Waals surface area contributed by atoms with Crippen LogP contribution in [0.5, 0.6) is 11.5 Å². The largest absolute Gasteiger partial charge is 0.478 e. The van der Waals surface area contributed by atoms with Gasteiger partial charge in [0.2, 0.25) is 5.91 Å². The van der Waals surface area contributed by atoms with Crippen LogP contribution in [-0.2, 0) is 11.3 Å². The van der Waals surface area contributed by atoms with E-state index in [1.165, 1.54) is 24.4 Å². The number of amides is 1. The summed E-state index contributed by atoms with van der Waals surface area (Å²) in [4.78, 5) is 33.7. The minimum atomic E-state index is -1.16. The van der Waals surface area contributed by atoms with Gasteiger partial charge in [0, 0.05) is 18.3 Å². The molecule has 2 aromatic carbocycles. The Morgan fingerprint density at radius 1 is 1.21 bits per heavy atom. The molecule has 0 atom stereocenters. The number of carbonyl (C=O) groups excluding carboxylic acids is 1. The molecule has 1 amide bonds. The molecule has 3 rings (SSSR count). The third kappa shape index (κ3) is 5.16. The molecule has 148 valence electrons. The van der Waals surface area contributed by atoms with Gasteiger partial charge in [-0.15, -0.1) is 0 Å². The van der Waals surface area contributed by atoms with Crippen molar-refractivity contribution in [2.75, 3.05) is 5.32 Å². The van der Waals surface area contributed by atoms with Crippen LogP contribution in [0.1, 0.15) is 15.9 Å². The molecule has 10 heteroatoms. The van der Waals surface area contributed by atoms with Crippen molar-refractivity contribution in [3.05, 3.63) is 76.1 Å². The van der Waals surface area contributed by atoms with E-state index in [1.807, 2.05) is 19.1 Å². The Bertz CT molecular complexity index is 1070. The second-order valence-electron chi connectivity index (χ2n) is 6.17. The summed E-state index contributed by atoms with van der Waals surface area (Å²) in [5.74, 6) is -1.02. The predicted octanol–water partition coefficient (Wildman–Crippen LogP) is 3.23. The van der Waals surface area contributed by atoms with Gasteiger partial charge in [0.25, 0.3) is 5.69 Å². The molecule has 10 nitrogen and oxygen atoms in total. The molecule has 2 N–H and O–H groups in total. The predicted molar refractivity (Wildman–Crippen MR) is 102 cm³/mol. The molecule has 0 spiro atoms. The molecule has 0 saturated carbocycles. The van der Waals surface area contributed by atoms with E-state index in [9.17, 15) is 19.7 Å². The summed E-state index contributed by atoms with van der Waals surface area (Å²) >= 11 is 0. The number of hydrogen-bond acceptors (Lipinski definition) is 6. The molecule has 0 saturated heterocycles. The number of rotatable bonds is 7. The molecule has 0 aliphatic rings. The van der Waals surface area contributed by atoms with Gasteiger partial charge in [-0.1, -0.05) is 17.7 Å². The fraction of sp³-hybridized carbons (Fsp3) is 0.105. The molecule has 29 heavy (non-hydrogen) atoms. The Morgan fingerprint density at radius 2 is 1.93 bits per heavy atom. The van der Waals surface area contributed by atoms with E-state index in [1.54, 1.807) is 12.1 Å². The smallest absolute Gasteiger partial charge is 0.338 e. The second kappa shape index (κ2) is 8.21. The number of nitro benzene ring substituents is 1. The van der Waals surface area contributed by atoms with Crippen molar-refractivity contribution in [1.82, 2.24) is 9.78 Å². The summed E-state index contributed by atoms with van der Waals surface area (Å²) in [6.45, 7) is 1.66. The summed E-state index contributed by atoms with van der Waals surface area (Å²) in [6.07, 6.45) is 2.33. The first kappa shape index (κ1) is 19.5. The quantitative estimate of drug-likeness (QED) is 0.462. The molecule has 0 bridgehead atoms. The van der Waals surface area contributed by atoms with Crippen molar-refractivity contribution in [1.29, 1.82) is 0 Å². The standard InChI is InChI=1S/C19H16N4O6/c1-12-2-4-16(5-3-12)29-17-7-14(6-15(8-17)23(27)28)21-18(24)11-22-10-13(9-20-22)19(25)26/h2-10H,11H2,1H3,(H,21,24)(H,25,26). The molecule has 0 aliphatic heterocycles. The monoisotopic (exact) mass is 396 g/mol. The minimum absolute atomic E-state index is 0.0538. The van der Waals surface area contributed by atoms with E-state index in [-0.39, 0.29) is 29.2 Å². The molecular weight excluding hydrogens is 380 g/mol. The average Bonchev–Trinajstić information content (AvgIpc) is 3.12. The first-order chi connectivity index (χ1) is 13.8. The minimum Gasteiger partial charge on any atom is -0.478 e. The van der Waals surface area contributed by atoms with Crippen LogP contribution in [-0.4, -0.2) is 31.7 Å². The van der Waals surface area contributed by atoms with Crippen molar-refractivity contribution < 1.29 is 24.4 Å². The highest BCUT2D eigenvalue weighted by Gasteiger charge is 2.14. The number of carboxylic acid groups (broad SMARTS) is 1. The lowest BCUT2D eigenvalue weighted by Gasteiger charge is -2.10. The molecule has 1 heterocycles. The van der Waals surface area contributed by atoms with Crippen LogP contribution in [0, 0.1) is 17.0 Å². The van der Waals surface area contributed by atoms with Gasteiger partial charge in [-0.2, -0.15) is 5.10 Å². The zero-order valence-electron chi connectivity index (χ0n) is 15.2. The van der Waals surface area contributed by atoms with Crippen LogP contribution in [0.3, 0.4) is 0 Å². The maximum absolute atomic E-state index is 12.2. The van der Waals surface area contributed by atoms with Crippen molar-refractivity contribution in [3.63, 3.8) is 0 Å². The molecular formula is C19H16N4O6. The highest BCUT2D eigenvalue weighted by molar-refractivity contribution is 5.91. The summed E-state index contributed by atoms with van der Waals surface area (Å²) in [5.41, 5.74) is 0.894. The number of nitrogens with zero attached hydrogens (tertiary/aromatic N) is 3. The van der Waals surface area contributed by atoms with Gasteiger partial charge in [-0.05, 0) is 19.1 Å². The van der Waals surface area contributed by atoms with Crippen LogP contribution >= 0.6 is 0 Å². The number of aryl methyl sites for hydroxylation is 1. The molecule has 0 unspecified atom stereocenters. The lowest BCUT2D eigenvalue weighted by Crippen LogP contribution is -2.19. The first-order valence-electron chi connectivity index (χ1n) is 8.40. The number of hydrogen-bond donors (Lipinski definition) is 2. The van der Waals surface area contributed by atoms with E-state index in [2.05, 4.69) is 10.4 Å². The lowest BCUT2D eigenvalue weighted by molar-refractivity contribution is -0.384. The Hall–Kier alpha value is -4.21. The molecule has 0 radical (unpaired) electrons. The highest BCUT2D eigenvalue weighted by Crippen LogP contribution is 2.30. The third-order valence-electron chi connectivity index (χ3n) is 3.83. The fourth-order valence-corrected chi connectivity index (χ4v) is 2.47. The number of nitrogens with one attached hydrogen (secondary N) is 1. The normalized spacial score (nSPS) is 10.4. The Morgan fingerprint density at radius 3 is 2.55 bits per heavy atom. The molecule has 0 aliphatic carbocycles. The van der Waals surface area contributed by atoms with Gasteiger partial charge < -0.3 is 15.2 Å².